The zero-order chi connectivity index (χ0) is 10.1. The molecule has 0 aliphatic heterocycles. The summed E-state index contributed by atoms with van der Waals surface area (Å²) in [4.78, 5) is 10.6. The van der Waals surface area contributed by atoms with E-state index in [4.69, 9.17) is 0 Å². The summed E-state index contributed by atoms with van der Waals surface area (Å²) in [5, 5.41) is 0. The maximum Gasteiger partial charge on any atom is 0.126 e. The highest BCUT2D eigenvalue weighted by molar-refractivity contribution is 5.57. The Bertz CT molecular complexity index is 356. The largest absolute Gasteiger partial charge is 0.342 e. The number of hydrogen-bond acceptors (Lipinski definition) is 1. The molecule has 74 valence electrons. The van der Waals surface area contributed by atoms with E-state index in [0.717, 1.165) is 12.7 Å². The Morgan fingerprint density at radius 3 is 2.43 bits per heavy atom. The second-order valence-electron chi connectivity index (χ2n) is 3.97. The number of rotatable bonds is 2. The van der Waals surface area contributed by atoms with Crippen molar-refractivity contribution in [3.8, 4) is 0 Å². The van der Waals surface area contributed by atoms with Crippen molar-refractivity contribution in [3.63, 3.8) is 0 Å². The Morgan fingerprint density at radius 1 is 1.29 bits per heavy atom. The van der Waals surface area contributed by atoms with Gasteiger partial charge < -0.3 is 9.36 Å². The molecule has 0 radical (unpaired) electrons. The topological polar surface area (TPSA) is 22.0 Å². The number of aryl methyl sites for hydroxylation is 2. The molecule has 1 aromatic heterocycles. The van der Waals surface area contributed by atoms with Crippen LogP contribution in [0.25, 0.3) is 0 Å². The highest BCUT2D eigenvalue weighted by atomic mass is 16.1. The van der Waals surface area contributed by atoms with E-state index >= 15 is 0 Å². The predicted molar refractivity (Wildman–Crippen MR) is 56.3 cm³/mol. The lowest BCUT2D eigenvalue weighted by molar-refractivity contribution is -0.110. The molecule has 1 aliphatic carbocycles. The Kier molecular flexibility index (Phi) is 2.28. The van der Waals surface area contributed by atoms with E-state index in [1.165, 1.54) is 11.4 Å². The Morgan fingerprint density at radius 2 is 1.93 bits per heavy atom. The summed E-state index contributed by atoms with van der Waals surface area (Å²) in [5.41, 5.74) is 2.53. The zero-order valence-electron chi connectivity index (χ0n) is 8.60. The number of carbonyl (C=O) groups excluding carboxylic acids is 1. The molecular formula is C12H15NO. The minimum atomic E-state index is 0.112. The molecule has 0 saturated carbocycles. The van der Waals surface area contributed by atoms with Crippen molar-refractivity contribution >= 4 is 6.29 Å². The molecule has 0 N–H and O–H groups in total. The molecule has 0 aromatic carbocycles. The average Bonchev–Trinajstić information content (AvgIpc) is 2.73. The number of hydrogen-bond donors (Lipinski definition) is 0. The van der Waals surface area contributed by atoms with Gasteiger partial charge in [-0.05, 0) is 32.4 Å². The third kappa shape index (κ3) is 1.41. The van der Waals surface area contributed by atoms with Crippen LogP contribution in [-0.2, 0) is 4.79 Å². The summed E-state index contributed by atoms with van der Waals surface area (Å²) in [6, 6.07) is 4.62. The molecule has 2 rings (SSSR count). The normalized spacial score (nSPS) is 25.6. The third-order valence-electron chi connectivity index (χ3n) is 2.93. The van der Waals surface area contributed by atoms with Crippen molar-refractivity contribution in [2.75, 3.05) is 0 Å². The van der Waals surface area contributed by atoms with E-state index in [1.54, 1.807) is 0 Å². The van der Waals surface area contributed by atoms with Crippen molar-refractivity contribution < 1.29 is 4.79 Å². The maximum absolute atomic E-state index is 10.6. The Balaban J connectivity index is 2.26. The van der Waals surface area contributed by atoms with Gasteiger partial charge >= 0.3 is 0 Å². The van der Waals surface area contributed by atoms with E-state index in [2.05, 4.69) is 36.6 Å². The van der Waals surface area contributed by atoms with E-state index in [1.807, 2.05) is 6.08 Å². The standard InChI is InChI=1S/C12H15NO/c1-9-3-4-10(2)13(9)12-6-5-11(7-12)8-14/h3-6,8,11-12H,7H2,1-2H3/t11-,12+/m0/s1. The van der Waals surface area contributed by atoms with Crippen LogP contribution in [-0.4, -0.2) is 10.9 Å². The predicted octanol–water partition coefficient (Wildman–Crippen LogP) is 2.42. The van der Waals surface area contributed by atoms with Crippen LogP contribution in [0.2, 0.25) is 0 Å². The third-order valence-corrected chi connectivity index (χ3v) is 2.93. The number of carbonyl (C=O) groups is 1. The second kappa shape index (κ2) is 3.45. The molecule has 2 nitrogen and oxygen atoms in total. The molecule has 0 bridgehead atoms. The van der Waals surface area contributed by atoms with E-state index in [0.29, 0.717) is 6.04 Å². The van der Waals surface area contributed by atoms with Crippen molar-refractivity contribution in [2.45, 2.75) is 26.3 Å². The highest BCUT2D eigenvalue weighted by Crippen LogP contribution is 2.29. The van der Waals surface area contributed by atoms with Gasteiger partial charge in [0.05, 0.1) is 6.04 Å². The summed E-state index contributed by atoms with van der Waals surface area (Å²) in [6.45, 7) is 4.21. The number of nitrogens with zero attached hydrogens (tertiary/aromatic N) is 1. The van der Waals surface area contributed by atoms with Gasteiger partial charge in [-0.25, -0.2) is 0 Å². The SMILES string of the molecule is Cc1ccc(C)n1[C@@H]1C=C[C@H](C=O)C1. The van der Waals surface area contributed by atoms with Crippen LogP contribution in [0, 0.1) is 19.8 Å². The van der Waals surface area contributed by atoms with Gasteiger partial charge in [0.15, 0.2) is 0 Å². The highest BCUT2D eigenvalue weighted by Gasteiger charge is 2.20. The molecule has 0 saturated heterocycles. The first-order valence-electron chi connectivity index (χ1n) is 5.00. The summed E-state index contributed by atoms with van der Waals surface area (Å²) in [6.07, 6.45) is 6.10. The van der Waals surface area contributed by atoms with Gasteiger partial charge in [-0.2, -0.15) is 0 Å². The number of allylic oxidation sites excluding steroid dienone is 2. The number of aldehydes is 1. The minimum Gasteiger partial charge on any atom is -0.342 e. The summed E-state index contributed by atoms with van der Waals surface area (Å²) in [7, 11) is 0. The second-order valence-corrected chi connectivity index (χ2v) is 3.97. The van der Waals surface area contributed by atoms with Crippen LogP contribution in [0.15, 0.2) is 24.3 Å². The summed E-state index contributed by atoms with van der Waals surface area (Å²) in [5.74, 6) is 0.112. The van der Waals surface area contributed by atoms with E-state index in [-0.39, 0.29) is 5.92 Å². The van der Waals surface area contributed by atoms with E-state index < -0.39 is 0 Å². The van der Waals surface area contributed by atoms with Crippen molar-refractivity contribution in [1.29, 1.82) is 0 Å². The molecule has 0 spiro atoms. The van der Waals surface area contributed by atoms with E-state index in [9.17, 15) is 4.79 Å². The van der Waals surface area contributed by atoms with Crippen LogP contribution in [0.4, 0.5) is 0 Å². The lowest BCUT2D eigenvalue weighted by Gasteiger charge is -2.16. The van der Waals surface area contributed by atoms with Gasteiger partial charge in [-0.15, -0.1) is 0 Å². The van der Waals surface area contributed by atoms with Crippen molar-refractivity contribution in [3.05, 3.63) is 35.7 Å². The van der Waals surface area contributed by atoms with Gasteiger partial charge in [0.1, 0.15) is 6.29 Å². The van der Waals surface area contributed by atoms with Gasteiger partial charge in [0, 0.05) is 17.3 Å². The van der Waals surface area contributed by atoms with Crippen molar-refractivity contribution in [2.24, 2.45) is 5.92 Å². The molecule has 2 heteroatoms. The van der Waals surface area contributed by atoms with Gasteiger partial charge in [0.2, 0.25) is 0 Å². The molecular weight excluding hydrogens is 174 g/mol. The number of aromatic nitrogens is 1. The fourth-order valence-electron chi connectivity index (χ4n) is 2.20. The Labute approximate surface area is 84.2 Å². The summed E-state index contributed by atoms with van der Waals surface area (Å²) >= 11 is 0. The Hall–Kier alpha value is -1.31. The first-order chi connectivity index (χ1) is 6.72. The van der Waals surface area contributed by atoms with Crippen LogP contribution in [0.5, 0.6) is 0 Å². The zero-order valence-corrected chi connectivity index (χ0v) is 8.60. The molecule has 14 heavy (non-hydrogen) atoms. The maximum atomic E-state index is 10.6. The molecule has 0 amide bonds. The molecule has 1 heterocycles. The van der Waals surface area contributed by atoms with Crippen LogP contribution in [0.3, 0.4) is 0 Å². The van der Waals surface area contributed by atoms with Crippen LogP contribution in [0.1, 0.15) is 23.9 Å². The van der Waals surface area contributed by atoms with Gasteiger partial charge in [0.25, 0.3) is 0 Å². The average molecular weight is 189 g/mol. The molecule has 1 aliphatic rings. The molecule has 1 aromatic rings. The summed E-state index contributed by atoms with van der Waals surface area (Å²) < 4.78 is 2.29. The lowest BCUT2D eigenvalue weighted by Crippen LogP contribution is -2.09. The fourth-order valence-corrected chi connectivity index (χ4v) is 2.20. The fraction of sp³-hybridized carbons (Fsp3) is 0.417. The minimum absolute atomic E-state index is 0.112. The molecule has 2 atom stereocenters. The van der Waals surface area contributed by atoms with Gasteiger partial charge in [-0.3, -0.25) is 0 Å². The first-order valence-corrected chi connectivity index (χ1v) is 5.00. The van der Waals surface area contributed by atoms with Crippen LogP contribution < -0.4 is 0 Å². The van der Waals surface area contributed by atoms with Crippen molar-refractivity contribution in [1.82, 2.24) is 4.57 Å². The monoisotopic (exact) mass is 189 g/mol. The lowest BCUT2D eigenvalue weighted by atomic mass is 10.1. The first kappa shape index (κ1) is 9.25. The van der Waals surface area contributed by atoms with Gasteiger partial charge in [-0.1, -0.05) is 12.2 Å². The quantitative estimate of drug-likeness (QED) is 0.517. The molecule has 0 fully saturated rings. The smallest absolute Gasteiger partial charge is 0.126 e. The van der Waals surface area contributed by atoms with Crippen LogP contribution >= 0.6 is 0 Å². The molecule has 0 unspecified atom stereocenters.